The molecular formula is C24H25N3O3S2. The smallest absolute Gasteiger partial charge is 0.269 e. The van der Waals surface area contributed by atoms with Crippen LogP contribution in [0.4, 0.5) is 0 Å². The van der Waals surface area contributed by atoms with E-state index in [-0.39, 0.29) is 17.7 Å². The molecule has 1 saturated heterocycles. The van der Waals surface area contributed by atoms with Crippen molar-refractivity contribution in [1.82, 2.24) is 15.8 Å². The van der Waals surface area contributed by atoms with Crippen LogP contribution in [0.5, 0.6) is 0 Å². The van der Waals surface area contributed by atoms with E-state index in [1.165, 1.54) is 17.3 Å². The number of thioether (sulfide) groups is 1. The van der Waals surface area contributed by atoms with Crippen molar-refractivity contribution >= 4 is 52.1 Å². The van der Waals surface area contributed by atoms with Crippen LogP contribution in [0.3, 0.4) is 0 Å². The number of hydrogen-bond acceptors (Lipinski definition) is 5. The lowest BCUT2D eigenvalue weighted by atomic mass is 10.1. The molecule has 2 aromatic carbocycles. The number of hydrazine groups is 1. The summed E-state index contributed by atoms with van der Waals surface area (Å²) in [5, 5.41) is 0. The number of rotatable bonds is 8. The minimum Gasteiger partial charge on any atom is -0.293 e. The molecule has 0 aliphatic carbocycles. The van der Waals surface area contributed by atoms with Crippen LogP contribution < -0.4 is 10.9 Å². The number of hydrogen-bond donors (Lipinski definition) is 2. The van der Waals surface area contributed by atoms with Gasteiger partial charge in [-0.15, -0.1) is 0 Å². The Kier molecular flexibility index (Phi) is 8.58. The maximum Gasteiger partial charge on any atom is 0.269 e. The number of carbonyl (C=O) groups excluding carboxylic acids is 3. The minimum atomic E-state index is -0.355. The van der Waals surface area contributed by atoms with Gasteiger partial charge >= 0.3 is 0 Å². The molecule has 166 valence electrons. The Labute approximate surface area is 197 Å². The van der Waals surface area contributed by atoms with Crippen molar-refractivity contribution in [2.45, 2.75) is 32.6 Å². The van der Waals surface area contributed by atoms with E-state index >= 15 is 0 Å². The lowest BCUT2D eigenvalue weighted by molar-refractivity contribution is -0.123. The Balaban J connectivity index is 1.36. The predicted molar refractivity (Wildman–Crippen MR) is 132 cm³/mol. The molecule has 1 heterocycles. The molecule has 1 aliphatic rings. The van der Waals surface area contributed by atoms with Gasteiger partial charge < -0.3 is 0 Å². The van der Waals surface area contributed by atoms with Crippen molar-refractivity contribution in [2.75, 3.05) is 6.54 Å². The molecule has 2 aromatic rings. The van der Waals surface area contributed by atoms with E-state index in [1.807, 2.05) is 43.3 Å². The van der Waals surface area contributed by atoms with E-state index in [0.29, 0.717) is 34.2 Å². The second-order valence-corrected chi connectivity index (χ2v) is 9.10. The Bertz CT molecular complexity index is 1020. The first-order valence-electron chi connectivity index (χ1n) is 10.4. The summed E-state index contributed by atoms with van der Waals surface area (Å²) in [6.45, 7) is 2.55. The molecule has 0 saturated carbocycles. The quantitative estimate of drug-likeness (QED) is 0.263. The van der Waals surface area contributed by atoms with Gasteiger partial charge in [-0.2, -0.15) is 0 Å². The number of carbonyl (C=O) groups is 3. The first-order chi connectivity index (χ1) is 15.4. The first-order valence-corrected chi connectivity index (χ1v) is 11.6. The molecule has 0 unspecified atom stereocenters. The average Bonchev–Trinajstić information content (AvgIpc) is 3.06. The molecule has 1 aliphatic heterocycles. The Morgan fingerprint density at radius 2 is 1.72 bits per heavy atom. The van der Waals surface area contributed by atoms with Gasteiger partial charge in [-0.1, -0.05) is 78.4 Å². The van der Waals surface area contributed by atoms with Crippen molar-refractivity contribution in [1.29, 1.82) is 0 Å². The second-order valence-electron chi connectivity index (χ2n) is 7.42. The zero-order valence-corrected chi connectivity index (χ0v) is 19.4. The lowest BCUT2D eigenvalue weighted by Crippen LogP contribution is -2.41. The van der Waals surface area contributed by atoms with Gasteiger partial charge in [-0.3, -0.25) is 30.1 Å². The normalized spacial score (nSPS) is 14.7. The zero-order valence-electron chi connectivity index (χ0n) is 17.8. The fourth-order valence-corrected chi connectivity index (χ4v) is 4.40. The second kappa shape index (κ2) is 11.6. The largest absolute Gasteiger partial charge is 0.293 e. The fourth-order valence-electron chi connectivity index (χ4n) is 3.09. The van der Waals surface area contributed by atoms with Crippen molar-refractivity contribution in [3.05, 3.63) is 76.2 Å². The molecule has 0 atom stereocenters. The van der Waals surface area contributed by atoms with Crippen molar-refractivity contribution in [3.8, 4) is 0 Å². The van der Waals surface area contributed by atoms with Crippen LogP contribution in [0.2, 0.25) is 0 Å². The molecule has 8 heteroatoms. The Morgan fingerprint density at radius 3 is 2.44 bits per heavy atom. The van der Waals surface area contributed by atoms with Crippen LogP contribution in [0.1, 0.15) is 47.2 Å². The summed E-state index contributed by atoms with van der Waals surface area (Å²) in [5.74, 6) is -0.671. The van der Waals surface area contributed by atoms with Crippen molar-refractivity contribution in [2.24, 2.45) is 0 Å². The summed E-state index contributed by atoms with van der Waals surface area (Å²) in [7, 11) is 0. The number of aryl methyl sites for hydroxylation is 1. The third-order valence-electron chi connectivity index (χ3n) is 4.89. The molecule has 3 rings (SSSR count). The molecule has 1 fully saturated rings. The van der Waals surface area contributed by atoms with Gasteiger partial charge in [-0.25, -0.2) is 0 Å². The van der Waals surface area contributed by atoms with Gasteiger partial charge in [0.25, 0.3) is 11.8 Å². The number of unbranched alkanes of at least 4 members (excludes halogenated alkanes) is 2. The third kappa shape index (κ3) is 6.77. The number of amides is 3. The van der Waals surface area contributed by atoms with Gasteiger partial charge in [0.15, 0.2) is 0 Å². The maximum atomic E-state index is 12.7. The maximum absolute atomic E-state index is 12.7. The van der Waals surface area contributed by atoms with Gasteiger partial charge in [0.1, 0.15) is 4.32 Å². The van der Waals surface area contributed by atoms with E-state index in [0.717, 1.165) is 18.4 Å². The summed E-state index contributed by atoms with van der Waals surface area (Å²) in [5.41, 5.74) is 7.45. The summed E-state index contributed by atoms with van der Waals surface area (Å²) in [6.07, 6.45) is 4.33. The Hall–Kier alpha value is -2.97. The van der Waals surface area contributed by atoms with E-state index < -0.39 is 0 Å². The molecule has 0 aromatic heterocycles. The van der Waals surface area contributed by atoms with Crippen LogP contribution in [0.25, 0.3) is 6.08 Å². The number of thiocarbonyl (C=S) groups is 1. The monoisotopic (exact) mass is 467 g/mol. The van der Waals surface area contributed by atoms with Crippen molar-refractivity contribution < 1.29 is 14.4 Å². The van der Waals surface area contributed by atoms with Crippen LogP contribution in [0.15, 0.2) is 59.5 Å². The van der Waals surface area contributed by atoms with Crippen LogP contribution in [0, 0.1) is 6.92 Å². The van der Waals surface area contributed by atoms with Gasteiger partial charge in [0, 0.05) is 18.5 Å². The first kappa shape index (κ1) is 23.7. The fraction of sp³-hybridized carbons (Fsp3) is 0.250. The minimum absolute atomic E-state index is 0.0676. The highest BCUT2D eigenvalue weighted by Gasteiger charge is 2.31. The molecule has 3 amide bonds. The summed E-state index contributed by atoms with van der Waals surface area (Å²) in [6, 6.07) is 16.7. The lowest BCUT2D eigenvalue weighted by Gasteiger charge is -2.14. The molecule has 32 heavy (non-hydrogen) atoms. The summed E-state index contributed by atoms with van der Waals surface area (Å²) >= 11 is 6.69. The standard InChI is InChI=1S/C24H25N3O3S2/c1-17-11-13-18(14-12-17)16-20-23(30)27(24(31)32-20)15-7-3-6-10-21(28)25-26-22(29)19-8-4-2-5-9-19/h2,4-5,8-9,11-14,16H,3,6-7,10,15H2,1H3,(H,25,28)(H,26,29). The highest BCUT2D eigenvalue weighted by molar-refractivity contribution is 8.26. The van der Waals surface area contributed by atoms with Gasteiger partial charge in [0.05, 0.1) is 4.91 Å². The van der Waals surface area contributed by atoms with Crippen LogP contribution in [-0.2, 0) is 9.59 Å². The highest BCUT2D eigenvalue weighted by Crippen LogP contribution is 2.32. The van der Waals surface area contributed by atoms with Crippen LogP contribution in [-0.4, -0.2) is 33.5 Å². The predicted octanol–water partition coefficient (Wildman–Crippen LogP) is 4.22. The molecule has 2 N–H and O–H groups in total. The van der Waals surface area contributed by atoms with E-state index in [9.17, 15) is 14.4 Å². The van der Waals surface area contributed by atoms with E-state index in [1.54, 1.807) is 29.2 Å². The number of nitrogens with one attached hydrogen (secondary N) is 2. The molecular weight excluding hydrogens is 442 g/mol. The molecule has 0 spiro atoms. The SMILES string of the molecule is Cc1ccc(C=C2SC(=S)N(CCCCCC(=O)NNC(=O)c3ccccc3)C2=O)cc1. The van der Waals surface area contributed by atoms with Gasteiger partial charge in [-0.05, 0) is 43.5 Å². The molecule has 0 bridgehead atoms. The molecule has 0 radical (unpaired) electrons. The Morgan fingerprint density at radius 1 is 1.00 bits per heavy atom. The van der Waals surface area contributed by atoms with E-state index in [4.69, 9.17) is 12.2 Å². The molecule has 6 nitrogen and oxygen atoms in total. The number of benzene rings is 2. The number of nitrogens with zero attached hydrogens (tertiary/aromatic N) is 1. The summed E-state index contributed by atoms with van der Waals surface area (Å²) in [4.78, 5) is 38.8. The van der Waals surface area contributed by atoms with Crippen molar-refractivity contribution in [3.63, 3.8) is 0 Å². The third-order valence-corrected chi connectivity index (χ3v) is 6.26. The summed E-state index contributed by atoms with van der Waals surface area (Å²) < 4.78 is 0.565. The van der Waals surface area contributed by atoms with E-state index in [2.05, 4.69) is 10.9 Å². The van der Waals surface area contributed by atoms with Gasteiger partial charge in [0.2, 0.25) is 5.91 Å². The zero-order chi connectivity index (χ0) is 22.9. The highest BCUT2D eigenvalue weighted by atomic mass is 32.2. The average molecular weight is 468 g/mol. The van der Waals surface area contributed by atoms with Crippen LogP contribution >= 0.6 is 24.0 Å². The topological polar surface area (TPSA) is 78.5 Å².